The van der Waals surface area contributed by atoms with Crippen molar-refractivity contribution >= 4 is 11.0 Å². The molecule has 4 rings (SSSR count). The Morgan fingerprint density at radius 3 is 2.52 bits per heavy atom. The first-order valence-corrected chi connectivity index (χ1v) is 10.0. The third-order valence-corrected chi connectivity index (χ3v) is 5.77. The van der Waals surface area contributed by atoms with E-state index in [1.54, 1.807) is 0 Å². The minimum atomic E-state index is 0.771. The van der Waals surface area contributed by atoms with Crippen LogP contribution in [0.15, 0.2) is 48.5 Å². The predicted molar refractivity (Wildman–Crippen MR) is 110 cm³/mol. The Bertz CT molecular complexity index is 876. The summed E-state index contributed by atoms with van der Waals surface area (Å²) in [5.41, 5.74) is 3.59. The SMILES string of the molecule is Cc1ccc(OCCC2CCN(Cc3nc4ccccc4n3C)CC2)cc1. The van der Waals surface area contributed by atoms with Crippen molar-refractivity contribution in [1.29, 1.82) is 0 Å². The van der Waals surface area contributed by atoms with Crippen molar-refractivity contribution in [3.8, 4) is 5.75 Å². The predicted octanol–water partition coefficient (Wildman–Crippen LogP) is 4.56. The summed E-state index contributed by atoms with van der Waals surface area (Å²) in [7, 11) is 2.12. The average Bonchev–Trinajstić information content (AvgIpc) is 3.01. The fourth-order valence-corrected chi connectivity index (χ4v) is 3.95. The summed E-state index contributed by atoms with van der Waals surface area (Å²) in [4.78, 5) is 7.36. The highest BCUT2D eigenvalue weighted by Gasteiger charge is 2.20. The number of piperidine rings is 1. The second-order valence-corrected chi connectivity index (χ2v) is 7.75. The Hall–Kier alpha value is -2.33. The lowest BCUT2D eigenvalue weighted by Crippen LogP contribution is -2.34. The molecule has 27 heavy (non-hydrogen) atoms. The molecular formula is C23H29N3O. The van der Waals surface area contributed by atoms with Crippen LogP contribution >= 0.6 is 0 Å². The molecule has 4 heteroatoms. The Kier molecular flexibility index (Phi) is 5.44. The largest absolute Gasteiger partial charge is 0.494 e. The van der Waals surface area contributed by atoms with E-state index in [1.165, 1.54) is 23.9 Å². The summed E-state index contributed by atoms with van der Waals surface area (Å²) in [6.07, 6.45) is 3.65. The van der Waals surface area contributed by atoms with Crippen molar-refractivity contribution in [1.82, 2.24) is 14.5 Å². The molecule has 0 bridgehead atoms. The molecule has 2 heterocycles. The first-order valence-electron chi connectivity index (χ1n) is 10.0. The van der Waals surface area contributed by atoms with Gasteiger partial charge in [-0.1, -0.05) is 29.8 Å². The van der Waals surface area contributed by atoms with Crippen molar-refractivity contribution in [2.75, 3.05) is 19.7 Å². The maximum Gasteiger partial charge on any atom is 0.123 e. The van der Waals surface area contributed by atoms with Crippen LogP contribution < -0.4 is 4.74 Å². The topological polar surface area (TPSA) is 30.3 Å². The molecule has 1 fully saturated rings. The summed E-state index contributed by atoms with van der Waals surface area (Å²) in [5.74, 6) is 2.92. The van der Waals surface area contributed by atoms with Gasteiger partial charge in [0.15, 0.2) is 0 Å². The molecule has 0 atom stereocenters. The van der Waals surface area contributed by atoms with Crippen LogP contribution in [-0.4, -0.2) is 34.1 Å². The van der Waals surface area contributed by atoms with Crippen LogP contribution in [0.3, 0.4) is 0 Å². The molecule has 0 radical (unpaired) electrons. The van der Waals surface area contributed by atoms with E-state index in [2.05, 4.69) is 72.0 Å². The number of ether oxygens (including phenoxy) is 1. The maximum absolute atomic E-state index is 5.91. The van der Waals surface area contributed by atoms with Crippen molar-refractivity contribution in [3.63, 3.8) is 0 Å². The molecule has 1 aliphatic rings. The van der Waals surface area contributed by atoms with Gasteiger partial charge in [-0.25, -0.2) is 4.98 Å². The number of aromatic nitrogens is 2. The molecule has 0 spiro atoms. The van der Waals surface area contributed by atoms with Gasteiger partial charge in [-0.15, -0.1) is 0 Å². The van der Waals surface area contributed by atoms with Crippen molar-refractivity contribution in [3.05, 3.63) is 59.9 Å². The van der Waals surface area contributed by atoms with Gasteiger partial charge in [0.1, 0.15) is 11.6 Å². The lowest BCUT2D eigenvalue weighted by atomic mass is 9.94. The summed E-state index contributed by atoms with van der Waals surface area (Å²) in [6.45, 7) is 6.16. The molecule has 0 unspecified atom stereocenters. The van der Waals surface area contributed by atoms with Gasteiger partial charge in [0.25, 0.3) is 0 Å². The third-order valence-electron chi connectivity index (χ3n) is 5.77. The van der Waals surface area contributed by atoms with E-state index in [9.17, 15) is 0 Å². The number of imidazole rings is 1. The highest BCUT2D eigenvalue weighted by atomic mass is 16.5. The number of hydrogen-bond donors (Lipinski definition) is 0. The minimum absolute atomic E-state index is 0.771. The number of fused-ring (bicyclic) bond motifs is 1. The minimum Gasteiger partial charge on any atom is -0.494 e. The molecular weight excluding hydrogens is 334 g/mol. The van der Waals surface area contributed by atoms with Crippen LogP contribution in [0.25, 0.3) is 11.0 Å². The van der Waals surface area contributed by atoms with Crippen LogP contribution in [0.2, 0.25) is 0 Å². The quantitative estimate of drug-likeness (QED) is 0.643. The summed E-state index contributed by atoms with van der Waals surface area (Å²) >= 11 is 0. The van der Waals surface area contributed by atoms with Crippen LogP contribution in [0.4, 0.5) is 0 Å². The van der Waals surface area contributed by atoms with Gasteiger partial charge < -0.3 is 9.30 Å². The summed E-state index contributed by atoms with van der Waals surface area (Å²) in [5, 5.41) is 0. The van der Waals surface area contributed by atoms with E-state index < -0.39 is 0 Å². The molecule has 1 aromatic heterocycles. The van der Waals surface area contributed by atoms with E-state index in [0.29, 0.717) is 0 Å². The smallest absolute Gasteiger partial charge is 0.123 e. The van der Waals surface area contributed by atoms with Crippen molar-refractivity contribution in [2.24, 2.45) is 13.0 Å². The summed E-state index contributed by atoms with van der Waals surface area (Å²) in [6, 6.07) is 16.7. The highest BCUT2D eigenvalue weighted by Crippen LogP contribution is 2.23. The molecule has 0 saturated carbocycles. The van der Waals surface area contributed by atoms with Gasteiger partial charge >= 0.3 is 0 Å². The fourth-order valence-electron chi connectivity index (χ4n) is 3.95. The first-order chi connectivity index (χ1) is 13.2. The third kappa shape index (κ3) is 4.33. The number of para-hydroxylation sites is 2. The lowest BCUT2D eigenvalue weighted by Gasteiger charge is -2.31. The zero-order valence-electron chi connectivity index (χ0n) is 16.4. The molecule has 1 aliphatic heterocycles. The standard InChI is InChI=1S/C23H29N3O/c1-18-7-9-20(10-8-18)27-16-13-19-11-14-26(15-12-19)17-23-24-21-5-3-4-6-22(21)25(23)2/h3-10,19H,11-17H2,1-2H3. The van der Waals surface area contributed by atoms with Crippen LogP contribution in [0, 0.1) is 12.8 Å². The second-order valence-electron chi connectivity index (χ2n) is 7.75. The number of rotatable bonds is 6. The van der Waals surface area contributed by atoms with Gasteiger partial charge in [0.2, 0.25) is 0 Å². The number of hydrogen-bond acceptors (Lipinski definition) is 3. The average molecular weight is 364 g/mol. The van der Waals surface area contributed by atoms with E-state index in [1.807, 2.05) is 0 Å². The fraction of sp³-hybridized carbons (Fsp3) is 0.435. The monoisotopic (exact) mass is 363 g/mol. The zero-order valence-corrected chi connectivity index (χ0v) is 16.4. The van der Waals surface area contributed by atoms with Gasteiger partial charge in [-0.3, -0.25) is 4.90 Å². The van der Waals surface area contributed by atoms with Gasteiger partial charge in [0, 0.05) is 7.05 Å². The highest BCUT2D eigenvalue weighted by molar-refractivity contribution is 5.75. The van der Waals surface area contributed by atoms with Gasteiger partial charge in [-0.2, -0.15) is 0 Å². The lowest BCUT2D eigenvalue weighted by molar-refractivity contribution is 0.154. The number of aryl methyl sites for hydroxylation is 2. The van der Waals surface area contributed by atoms with Crippen LogP contribution in [-0.2, 0) is 13.6 Å². The van der Waals surface area contributed by atoms with Crippen LogP contribution in [0.5, 0.6) is 5.75 Å². The Labute approximate surface area is 161 Å². The summed E-state index contributed by atoms with van der Waals surface area (Å²) < 4.78 is 8.14. The molecule has 142 valence electrons. The number of nitrogens with zero attached hydrogens (tertiary/aromatic N) is 3. The van der Waals surface area contributed by atoms with Crippen molar-refractivity contribution in [2.45, 2.75) is 32.7 Å². The van der Waals surface area contributed by atoms with E-state index in [0.717, 1.165) is 55.7 Å². The molecule has 1 saturated heterocycles. The molecule has 3 aromatic rings. The van der Waals surface area contributed by atoms with Crippen molar-refractivity contribution < 1.29 is 4.74 Å². The molecule has 0 amide bonds. The normalized spacial score (nSPS) is 16.1. The molecule has 0 N–H and O–H groups in total. The molecule has 4 nitrogen and oxygen atoms in total. The maximum atomic E-state index is 5.91. The van der Waals surface area contributed by atoms with E-state index >= 15 is 0 Å². The van der Waals surface area contributed by atoms with E-state index in [-0.39, 0.29) is 0 Å². The molecule has 2 aromatic carbocycles. The zero-order chi connectivity index (χ0) is 18.6. The Morgan fingerprint density at radius 2 is 1.78 bits per heavy atom. The van der Waals surface area contributed by atoms with Gasteiger partial charge in [0.05, 0.1) is 24.2 Å². The van der Waals surface area contributed by atoms with Crippen LogP contribution in [0.1, 0.15) is 30.7 Å². The molecule has 0 aliphatic carbocycles. The Morgan fingerprint density at radius 1 is 1.04 bits per heavy atom. The Balaban J connectivity index is 1.24. The second kappa shape index (κ2) is 8.13. The van der Waals surface area contributed by atoms with E-state index in [4.69, 9.17) is 9.72 Å². The number of benzene rings is 2. The van der Waals surface area contributed by atoms with Gasteiger partial charge in [-0.05, 0) is 69.5 Å². The number of likely N-dealkylation sites (tertiary alicyclic amines) is 1. The first kappa shape index (κ1) is 18.1.